The van der Waals surface area contributed by atoms with Gasteiger partial charge >= 0.3 is 0 Å². The molecule has 12 heavy (non-hydrogen) atoms. The number of halogens is 2. The first kappa shape index (κ1) is 11.7. The van der Waals surface area contributed by atoms with Gasteiger partial charge in [0.15, 0.2) is 0 Å². The maximum Gasteiger partial charge on any atom is 0.147 e. The van der Waals surface area contributed by atoms with E-state index in [2.05, 4.69) is 4.98 Å². The summed E-state index contributed by atoms with van der Waals surface area (Å²) in [6.07, 6.45) is 2.55. The summed E-state index contributed by atoms with van der Waals surface area (Å²) < 4.78 is 0. The molecule has 0 N–H and O–H groups in total. The molecule has 0 aliphatic carbocycles. The summed E-state index contributed by atoms with van der Waals surface area (Å²) in [5, 5.41) is 0.965. The van der Waals surface area contributed by atoms with Crippen LogP contribution in [0.25, 0.3) is 0 Å². The van der Waals surface area contributed by atoms with Crippen LogP contribution in [0.4, 0.5) is 0 Å². The van der Waals surface area contributed by atoms with E-state index in [1.165, 1.54) is 0 Å². The fraction of sp³-hybridized carbons (Fsp3) is 0.444. The second-order valence-corrected chi connectivity index (χ2v) is 2.66. The van der Waals surface area contributed by atoms with Crippen LogP contribution in [0.5, 0.6) is 0 Å². The summed E-state index contributed by atoms with van der Waals surface area (Å²) in [7, 11) is 0. The van der Waals surface area contributed by atoms with Crippen LogP contribution in [0.2, 0.25) is 10.2 Å². The van der Waals surface area contributed by atoms with Gasteiger partial charge in [0.25, 0.3) is 0 Å². The molecule has 0 aliphatic heterocycles. The number of aryl methyl sites for hydroxylation is 1. The molecule has 0 bridgehead atoms. The summed E-state index contributed by atoms with van der Waals surface area (Å²) in [5.74, 6) is 0. The molecule has 68 valence electrons. The predicted molar refractivity (Wildman–Crippen MR) is 55.0 cm³/mol. The van der Waals surface area contributed by atoms with E-state index in [0.717, 1.165) is 12.0 Å². The van der Waals surface area contributed by atoms with Crippen LogP contribution in [0, 0.1) is 0 Å². The molecule has 0 radical (unpaired) electrons. The zero-order valence-electron chi connectivity index (χ0n) is 7.56. The third-order valence-electron chi connectivity index (χ3n) is 1.31. The first-order valence-corrected chi connectivity index (χ1v) is 4.80. The van der Waals surface area contributed by atoms with Crippen LogP contribution in [0.3, 0.4) is 0 Å². The summed E-state index contributed by atoms with van der Waals surface area (Å²) in [6, 6.07) is 1.87. The molecule has 1 nitrogen and oxygen atoms in total. The molecule has 0 amide bonds. The highest BCUT2D eigenvalue weighted by atomic mass is 35.5. The summed E-state index contributed by atoms with van der Waals surface area (Å²) >= 11 is 11.4. The monoisotopic (exact) mass is 205 g/mol. The molecule has 0 atom stereocenters. The Hall–Kier alpha value is -0.270. The molecular weight excluding hydrogens is 193 g/mol. The van der Waals surface area contributed by atoms with E-state index < -0.39 is 0 Å². The highest BCUT2D eigenvalue weighted by Crippen LogP contribution is 2.22. The fourth-order valence-electron chi connectivity index (χ4n) is 0.728. The molecule has 1 aromatic rings. The average molecular weight is 206 g/mol. The van der Waals surface area contributed by atoms with E-state index >= 15 is 0 Å². The van der Waals surface area contributed by atoms with E-state index in [1.807, 2.05) is 26.8 Å². The van der Waals surface area contributed by atoms with Crippen LogP contribution in [0.1, 0.15) is 26.3 Å². The summed E-state index contributed by atoms with van der Waals surface area (Å²) in [4.78, 5) is 3.82. The lowest BCUT2D eigenvalue weighted by Gasteiger charge is -1.99. The Morgan fingerprint density at radius 1 is 1.33 bits per heavy atom. The standard InChI is InChI=1S/C7H7Cl2N.C2H6/c1-2-5-3-4-10-7(9)6(5)8;1-2/h3-4H,2H2,1H3;1-2H3. The highest BCUT2D eigenvalue weighted by Gasteiger charge is 2.01. The SMILES string of the molecule is CC.CCc1ccnc(Cl)c1Cl. The molecular formula is C9H13Cl2N. The van der Waals surface area contributed by atoms with Crippen molar-refractivity contribution < 1.29 is 0 Å². The van der Waals surface area contributed by atoms with E-state index in [1.54, 1.807) is 6.20 Å². The van der Waals surface area contributed by atoms with Crippen molar-refractivity contribution in [2.24, 2.45) is 0 Å². The normalized spacial score (nSPS) is 8.75. The lowest BCUT2D eigenvalue weighted by molar-refractivity contribution is 1.12. The zero-order valence-corrected chi connectivity index (χ0v) is 9.08. The Morgan fingerprint density at radius 2 is 1.92 bits per heavy atom. The average Bonchev–Trinajstić information content (AvgIpc) is 2.13. The van der Waals surface area contributed by atoms with Crippen molar-refractivity contribution in [3.05, 3.63) is 28.0 Å². The van der Waals surface area contributed by atoms with Crippen molar-refractivity contribution in [3.8, 4) is 0 Å². The molecule has 1 heterocycles. The molecule has 0 spiro atoms. The van der Waals surface area contributed by atoms with Gasteiger partial charge in [-0.1, -0.05) is 44.0 Å². The molecule has 1 aromatic heterocycles. The van der Waals surface area contributed by atoms with Gasteiger partial charge in [-0.25, -0.2) is 4.98 Å². The van der Waals surface area contributed by atoms with Gasteiger partial charge in [0.05, 0.1) is 5.02 Å². The molecule has 0 aromatic carbocycles. The van der Waals surface area contributed by atoms with E-state index in [-0.39, 0.29) is 0 Å². The molecule has 3 heteroatoms. The van der Waals surface area contributed by atoms with Crippen molar-refractivity contribution in [1.82, 2.24) is 4.98 Å². The molecule has 0 unspecified atom stereocenters. The van der Waals surface area contributed by atoms with Gasteiger partial charge in [-0.15, -0.1) is 0 Å². The predicted octanol–water partition coefficient (Wildman–Crippen LogP) is 3.98. The van der Waals surface area contributed by atoms with Crippen molar-refractivity contribution in [3.63, 3.8) is 0 Å². The summed E-state index contributed by atoms with van der Waals surface area (Å²) in [6.45, 7) is 6.03. The lowest BCUT2D eigenvalue weighted by Crippen LogP contribution is -1.84. The topological polar surface area (TPSA) is 12.9 Å². The number of hydrogen-bond acceptors (Lipinski definition) is 1. The molecule has 0 aliphatic rings. The molecule has 0 saturated heterocycles. The van der Waals surface area contributed by atoms with E-state index in [0.29, 0.717) is 10.2 Å². The van der Waals surface area contributed by atoms with Crippen LogP contribution >= 0.6 is 23.2 Å². The Morgan fingerprint density at radius 3 is 2.33 bits per heavy atom. The Balaban J connectivity index is 0.000000561. The molecule has 0 saturated carbocycles. The molecule has 1 rings (SSSR count). The van der Waals surface area contributed by atoms with Crippen LogP contribution < -0.4 is 0 Å². The van der Waals surface area contributed by atoms with Gasteiger partial charge in [0, 0.05) is 6.20 Å². The van der Waals surface area contributed by atoms with Gasteiger partial charge in [0.2, 0.25) is 0 Å². The number of pyridine rings is 1. The first-order valence-electron chi connectivity index (χ1n) is 4.04. The third kappa shape index (κ3) is 3.00. The van der Waals surface area contributed by atoms with Gasteiger partial charge in [-0.2, -0.15) is 0 Å². The number of rotatable bonds is 1. The third-order valence-corrected chi connectivity index (χ3v) is 2.11. The van der Waals surface area contributed by atoms with Crippen molar-refractivity contribution in [1.29, 1.82) is 0 Å². The van der Waals surface area contributed by atoms with Crippen molar-refractivity contribution in [2.75, 3.05) is 0 Å². The van der Waals surface area contributed by atoms with E-state index in [9.17, 15) is 0 Å². The molecule has 0 fully saturated rings. The minimum Gasteiger partial charge on any atom is -0.243 e. The first-order chi connectivity index (χ1) is 5.75. The van der Waals surface area contributed by atoms with Crippen molar-refractivity contribution >= 4 is 23.2 Å². The number of aromatic nitrogens is 1. The lowest BCUT2D eigenvalue weighted by atomic mass is 10.2. The minimum atomic E-state index is 0.390. The van der Waals surface area contributed by atoms with Gasteiger partial charge in [-0.05, 0) is 18.1 Å². The summed E-state index contributed by atoms with van der Waals surface area (Å²) in [5.41, 5.74) is 1.04. The minimum absolute atomic E-state index is 0.390. The van der Waals surface area contributed by atoms with Gasteiger partial charge < -0.3 is 0 Å². The quantitative estimate of drug-likeness (QED) is 0.633. The number of hydrogen-bond donors (Lipinski definition) is 0. The highest BCUT2D eigenvalue weighted by molar-refractivity contribution is 6.41. The van der Waals surface area contributed by atoms with E-state index in [4.69, 9.17) is 23.2 Å². The largest absolute Gasteiger partial charge is 0.243 e. The number of nitrogens with zero attached hydrogens (tertiary/aromatic N) is 1. The Labute approximate surface area is 83.7 Å². The van der Waals surface area contributed by atoms with Crippen LogP contribution in [-0.4, -0.2) is 4.98 Å². The van der Waals surface area contributed by atoms with Crippen LogP contribution in [-0.2, 0) is 6.42 Å². The Kier molecular flexibility index (Phi) is 6.13. The second kappa shape index (κ2) is 6.27. The fourth-order valence-corrected chi connectivity index (χ4v) is 1.15. The van der Waals surface area contributed by atoms with Gasteiger partial charge in [-0.3, -0.25) is 0 Å². The van der Waals surface area contributed by atoms with Gasteiger partial charge in [0.1, 0.15) is 5.15 Å². The Bertz CT molecular complexity index is 236. The van der Waals surface area contributed by atoms with Crippen molar-refractivity contribution in [2.45, 2.75) is 27.2 Å². The second-order valence-electron chi connectivity index (χ2n) is 1.93. The maximum absolute atomic E-state index is 5.80. The smallest absolute Gasteiger partial charge is 0.147 e. The maximum atomic E-state index is 5.80. The van der Waals surface area contributed by atoms with Crippen LogP contribution in [0.15, 0.2) is 12.3 Å². The zero-order chi connectivity index (χ0) is 9.56.